The van der Waals surface area contributed by atoms with Crippen LogP contribution in [0, 0.1) is 29.2 Å². The largest absolute Gasteiger partial charge is 0.491 e. The summed E-state index contributed by atoms with van der Waals surface area (Å²) in [6.45, 7) is 3.93. The van der Waals surface area contributed by atoms with Gasteiger partial charge in [-0.3, -0.25) is 0 Å². The maximum absolute atomic E-state index is 14.9. The van der Waals surface area contributed by atoms with Crippen molar-refractivity contribution in [1.82, 2.24) is 0 Å². The van der Waals surface area contributed by atoms with E-state index in [1.807, 2.05) is 0 Å². The van der Waals surface area contributed by atoms with Crippen LogP contribution in [-0.4, -0.2) is 12.6 Å². The van der Waals surface area contributed by atoms with Gasteiger partial charge < -0.3 is 9.47 Å². The Labute approximate surface area is 201 Å². The van der Waals surface area contributed by atoms with Crippen LogP contribution < -0.4 is 9.47 Å². The molecular formula is C28H26F4O3. The maximum Gasteiger partial charge on any atom is 0.346 e. The normalized spacial score (nSPS) is 17.8. The molecule has 3 aromatic rings. The number of esters is 1. The van der Waals surface area contributed by atoms with Gasteiger partial charge in [-0.25, -0.2) is 18.0 Å². The van der Waals surface area contributed by atoms with Gasteiger partial charge in [0.05, 0.1) is 12.2 Å². The third-order valence-electron chi connectivity index (χ3n) is 6.51. The number of carbonyl (C=O) groups excluding carboxylic acids is 1. The van der Waals surface area contributed by atoms with Crippen LogP contribution in [0.2, 0.25) is 0 Å². The molecule has 0 aromatic heterocycles. The van der Waals surface area contributed by atoms with Gasteiger partial charge in [0.15, 0.2) is 23.2 Å². The fourth-order valence-corrected chi connectivity index (χ4v) is 4.49. The van der Waals surface area contributed by atoms with Gasteiger partial charge in [-0.1, -0.05) is 44.0 Å². The zero-order valence-electron chi connectivity index (χ0n) is 19.5. The van der Waals surface area contributed by atoms with Crippen molar-refractivity contribution in [3.8, 4) is 22.6 Å². The maximum atomic E-state index is 14.9. The van der Waals surface area contributed by atoms with Gasteiger partial charge >= 0.3 is 5.97 Å². The lowest BCUT2D eigenvalue weighted by atomic mass is 9.79. The third kappa shape index (κ3) is 5.19. The second-order valence-electron chi connectivity index (χ2n) is 8.87. The number of halogens is 4. The van der Waals surface area contributed by atoms with E-state index >= 15 is 0 Å². The van der Waals surface area contributed by atoms with Crippen molar-refractivity contribution in [1.29, 1.82) is 0 Å². The monoisotopic (exact) mass is 486 g/mol. The Hall–Kier alpha value is -3.35. The highest BCUT2D eigenvalue weighted by atomic mass is 19.2. The number of carbonyl (C=O) groups is 1. The summed E-state index contributed by atoms with van der Waals surface area (Å²) >= 11 is 0. The molecule has 4 rings (SSSR count). The number of hydrogen-bond donors (Lipinski definition) is 0. The molecule has 1 saturated carbocycles. The van der Waals surface area contributed by atoms with Crippen molar-refractivity contribution in [2.24, 2.45) is 5.92 Å². The minimum Gasteiger partial charge on any atom is -0.491 e. The van der Waals surface area contributed by atoms with Crippen LogP contribution in [0.4, 0.5) is 17.6 Å². The molecule has 0 unspecified atom stereocenters. The SMILES string of the molecule is CCOc1ccc(C(=O)Oc2ccc(-c3ccc(C4CCC(C)CC4)c(F)c3F)cc2)c(F)c1F. The molecule has 0 amide bonds. The van der Waals surface area contributed by atoms with Crippen LogP contribution in [0.15, 0.2) is 48.5 Å². The Morgan fingerprint density at radius 1 is 0.829 bits per heavy atom. The van der Waals surface area contributed by atoms with E-state index in [-0.39, 0.29) is 29.6 Å². The molecule has 1 aliphatic carbocycles. The van der Waals surface area contributed by atoms with E-state index in [1.165, 1.54) is 24.3 Å². The lowest BCUT2D eigenvalue weighted by molar-refractivity contribution is 0.0728. The first-order valence-corrected chi connectivity index (χ1v) is 11.7. The lowest BCUT2D eigenvalue weighted by Crippen LogP contribution is -2.13. The third-order valence-corrected chi connectivity index (χ3v) is 6.51. The van der Waals surface area contributed by atoms with Gasteiger partial charge in [0.1, 0.15) is 5.75 Å². The number of benzene rings is 3. The Kier molecular flexibility index (Phi) is 7.43. The van der Waals surface area contributed by atoms with Gasteiger partial charge in [-0.15, -0.1) is 0 Å². The molecule has 1 aliphatic rings. The van der Waals surface area contributed by atoms with E-state index in [2.05, 4.69) is 6.92 Å². The molecule has 0 aliphatic heterocycles. The fraction of sp³-hybridized carbons (Fsp3) is 0.321. The number of hydrogen-bond acceptors (Lipinski definition) is 3. The van der Waals surface area contributed by atoms with Crippen LogP contribution in [0.5, 0.6) is 11.5 Å². The average Bonchev–Trinajstić information content (AvgIpc) is 2.85. The second-order valence-corrected chi connectivity index (χ2v) is 8.87. The second kappa shape index (κ2) is 10.5. The van der Waals surface area contributed by atoms with Crippen LogP contribution in [0.3, 0.4) is 0 Å². The van der Waals surface area contributed by atoms with E-state index in [0.29, 0.717) is 17.0 Å². The first kappa shape index (κ1) is 24.8. The van der Waals surface area contributed by atoms with E-state index < -0.39 is 34.8 Å². The molecule has 0 saturated heterocycles. The predicted molar refractivity (Wildman–Crippen MR) is 125 cm³/mol. The van der Waals surface area contributed by atoms with E-state index in [9.17, 15) is 22.4 Å². The van der Waals surface area contributed by atoms with E-state index in [0.717, 1.165) is 37.8 Å². The molecule has 0 bridgehead atoms. The Balaban J connectivity index is 1.50. The topological polar surface area (TPSA) is 35.5 Å². The van der Waals surface area contributed by atoms with Gasteiger partial charge in [0.25, 0.3) is 0 Å². The average molecular weight is 487 g/mol. The smallest absolute Gasteiger partial charge is 0.346 e. The lowest BCUT2D eigenvalue weighted by Gasteiger charge is -2.27. The Morgan fingerprint density at radius 2 is 1.51 bits per heavy atom. The first-order valence-electron chi connectivity index (χ1n) is 11.7. The molecular weight excluding hydrogens is 460 g/mol. The van der Waals surface area contributed by atoms with E-state index in [4.69, 9.17) is 9.47 Å². The molecule has 35 heavy (non-hydrogen) atoms. The standard InChI is InChI=1S/C28H26F4O3/c1-3-34-23-15-14-22(26(31)27(23)32)28(33)35-19-10-8-18(9-11-19)21-13-12-20(24(29)25(21)30)17-6-4-16(2)5-7-17/h8-17H,3-7H2,1-2H3. The van der Waals surface area contributed by atoms with Crippen LogP contribution in [0.1, 0.15) is 61.4 Å². The van der Waals surface area contributed by atoms with Crippen molar-refractivity contribution in [2.45, 2.75) is 45.4 Å². The zero-order chi connectivity index (χ0) is 25.1. The van der Waals surface area contributed by atoms with Crippen LogP contribution in [-0.2, 0) is 0 Å². The van der Waals surface area contributed by atoms with Crippen molar-refractivity contribution in [3.05, 3.63) is 82.9 Å². The van der Waals surface area contributed by atoms with Crippen LogP contribution >= 0.6 is 0 Å². The molecule has 1 fully saturated rings. The molecule has 0 heterocycles. The Morgan fingerprint density at radius 3 is 2.17 bits per heavy atom. The van der Waals surface area contributed by atoms with Crippen molar-refractivity contribution in [3.63, 3.8) is 0 Å². The molecule has 0 N–H and O–H groups in total. The van der Waals surface area contributed by atoms with Gasteiger partial charge in [-0.05, 0) is 67.0 Å². The molecule has 7 heteroatoms. The van der Waals surface area contributed by atoms with Crippen LogP contribution in [0.25, 0.3) is 11.1 Å². The summed E-state index contributed by atoms with van der Waals surface area (Å²) in [5.74, 6) is -5.13. The molecule has 3 nitrogen and oxygen atoms in total. The minimum atomic E-state index is -1.37. The number of rotatable bonds is 6. The summed E-state index contributed by atoms with van der Waals surface area (Å²) in [5.41, 5.74) is 0.306. The summed E-state index contributed by atoms with van der Waals surface area (Å²) in [7, 11) is 0. The van der Waals surface area contributed by atoms with E-state index in [1.54, 1.807) is 19.1 Å². The fourth-order valence-electron chi connectivity index (χ4n) is 4.49. The molecule has 0 spiro atoms. The summed E-state index contributed by atoms with van der Waals surface area (Å²) in [6, 6.07) is 11.1. The number of ether oxygens (including phenoxy) is 2. The molecule has 0 radical (unpaired) electrons. The van der Waals surface area contributed by atoms with Gasteiger partial charge in [0.2, 0.25) is 5.82 Å². The highest BCUT2D eigenvalue weighted by Crippen LogP contribution is 2.39. The van der Waals surface area contributed by atoms with Crippen molar-refractivity contribution < 1.29 is 31.8 Å². The summed E-state index contributed by atoms with van der Waals surface area (Å²) in [4.78, 5) is 12.3. The zero-order valence-corrected chi connectivity index (χ0v) is 19.5. The Bertz CT molecular complexity index is 1220. The van der Waals surface area contributed by atoms with Gasteiger partial charge in [0, 0.05) is 5.56 Å². The minimum absolute atomic E-state index is 0.0179. The van der Waals surface area contributed by atoms with Gasteiger partial charge in [-0.2, -0.15) is 4.39 Å². The molecule has 184 valence electrons. The summed E-state index contributed by atoms with van der Waals surface area (Å²) in [6.07, 6.45) is 3.69. The molecule has 3 aromatic carbocycles. The quantitative estimate of drug-likeness (QED) is 0.202. The first-order chi connectivity index (χ1) is 16.8. The highest BCUT2D eigenvalue weighted by molar-refractivity contribution is 5.91. The summed E-state index contributed by atoms with van der Waals surface area (Å²) < 4.78 is 68.2. The van der Waals surface area contributed by atoms with Crippen molar-refractivity contribution in [2.75, 3.05) is 6.61 Å². The highest BCUT2D eigenvalue weighted by Gasteiger charge is 2.25. The summed E-state index contributed by atoms with van der Waals surface area (Å²) in [5, 5.41) is 0. The molecule has 0 atom stereocenters. The van der Waals surface area contributed by atoms with Crippen molar-refractivity contribution >= 4 is 5.97 Å². The predicted octanol–water partition coefficient (Wildman–Crippen LogP) is 7.82.